The number of aliphatic hydroxyl groups is 2. The number of hydrogen-bond acceptors (Lipinski definition) is 4. The largest absolute Gasteiger partial charge is 0.496 e. The fourth-order valence-corrected chi connectivity index (χ4v) is 1.76. The third kappa shape index (κ3) is 3.77. The number of halogens is 1. The second-order valence-electron chi connectivity index (χ2n) is 3.67. The van der Waals surface area contributed by atoms with Crippen molar-refractivity contribution in [1.29, 1.82) is 0 Å². The van der Waals surface area contributed by atoms with Crippen LogP contribution in [0.1, 0.15) is 12.0 Å². The Morgan fingerprint density at radius 2 is 1.88 bits per heavy atom. The van der Waals surface area contributed by atoms with Crippen molar-refractivity contribution in [2.24, 2.45) is 0 Å². The molecule has 0 aliphatic rings. The van der Waals surface area contributed by atoms with Crippen molar-refractivity contribution in [2.75, 3.05) is 20.8 Å². The molecule has 5 heteroatoms. The Morgan fingerprint density at radius 1 is 1.24 bits per heavy atom. The van der Waals surface area contributed by atoms with Crippen LogP contribution in [0.4, 0.5) is 0 Å². The molecule has 1 rings (SSSR count). The van der Waals surface area contributed by atoms with Gasteiger partial charge in [0.25, 0.3) is 0 Å². The molecule has 1 aromatic rings. The first kappa shape index (κ1) is 14.1. The van der Waals surface area contributed by atoms with E-state index < -0.39 is 6.10 Å². The van der Waals surface area contributed by atoms with Gasteiger partial charge in [-0.25, -0.2) is 0 Å². The summed E-state index contributed by atoms with van der Waals surface area (Å²) in [5.74, 6) is 1.22. The van der Waals surface area contributed by atoms with Crippen molar-refractivity contribution in [3.8, 4) is 11.5 Å². The van der Waals surface area contributed by atoms with Gasteiger partial charge in [0.2, 0.25) is 0 Å². The molecule has 96 valence electrons. The summed E-state index contributed by atoms with van der Waals surface area (Å²) >= 11 is 5.98. The molecule has 0 bridgehead atoms. The Morgan fingerprint density at radius 3 is 2.41 bits per heavy atom. The zero-order valence-corrected chi connectivity index (χ0v) is 10.7. The monoisotopic (exact) mass is 260 g/mol. The molecule has 0 heterocycles. The van der Waals surface area contributed by atoms with Crippen LogP contribution in [-0.4, -0.2) is 37.1 Å². The molecular weight excluding hydrogens is 244 g/mol. The quantitative estimate of drug-likeness (QED) is 0.817. The van der Waals surface area contributed by atoms with Gasteiger partial charge in [0, 0.05) is 6.07 Å². The van der Waals surface area contributed by atoms with Gasteiger partial charge in [0.05, 0.1) is 32.0 Å². The maximum absolute atomic E-state index is 9.32. The summed E-state index contributed by atoms with van der Waals surface area (Å²) in [6.45, 7) is -0.243. The molecule has 0 amide bonds. The Kier molecular flexibility index (Phi) is 5.55. The normalized spacial score (nSPS) is 12.3. The summed E-state index contributed by atoms with van der Waals surface area (Å²) in [6, 6.07) is 3.46. The Balaban J connectivity index is 2.88. The summed E-state index contributed by atoms with van der Waals surface area (Å²) in [6.07, 6.45) is 0.317. The van der Waals surface area contributed by atoms with Crippen LogP contribution in [0.25, 0.3) is 0 Å². The predicted octanol–water partition coefficient (Wildman–Crippen LogP) is 1.64. The Labute approximate surface area is 106 Å². The number of ether oxygens (including phenoxy) is 2. The molecular formula is C12H17ClO4. The fraction of sp³-hybridized carbons (Fsp3) is 0.500. The van der Waals surface area contributed by atoms with Crippen LogP contribution in [0.3, 0.4) is 0 Å². The number of benzene rings is 1. The highest BCUT2D eigenvalue weighted by Crippen LogP contribution is 2.33. The van der Waals surface area contributed by atoms with Gasteiger partial charge in [0.15, 0.2) is 0 Å². The minimum atomic E-state index is -0.721. The molecule has 1 atom stereocenters. The van der Waals surface area contributed by atoms with Crippen LogP contribution in [0.5, 0.6) is 11.5 Å². The molecule has 1 unspecified atom stereocenters. The molecule has 0 aliphatic heterocycles. The summed E-state index contributed by atoms with van der Waals surface area (Å²) in [4.78, 5) is 0. The van der Waals surface area contributed by atoms with Crippen LogP contribution < -0.4 is 9.47 Å². The van der Waals surface area contributed by atoms with Crippen LogP contribution in [0.15, 0.2) is 12.1 Å². The van der Waals surface area contributed by atoms with E-state index in [4.69, 9.17) is 26.2 Å². The van der Waals surface area contributed by atoms with E-state index in [0.717, 1.165) is 5.56 Å². The summed E-state index contributed by atoms with van der Waals surface area (Å²) in [5, 5.41) is 18.6. The summed E-state index contributed by atoms with van der Waals surface area (Å²) in [5.41, 5.74) is 0.890. The number of aliphatic hydroxyl groups excluding tert-OH is 2. The van der Waals surface area contributed by atoms with Crippen LogP contribution >= 0.6 is 11.6 Å². The van der Waals surface area contributed by atoms with Gasteiger partial charge in [-0.15, -0.1) is 0 Å². The number of methoxy groups -OCH3 is 2. The highest BCUT2D eigenvalue weighted by Gasteiger charge is 2.11. The second kappa shape index (κ2) is 6.69. The van der Waals surface area contributed by atoms with E-state index in [1.54, 1.807) is 26.4 Å². The lowest BCUT2D eigenvalue weighted by Gasteiger charge is -2.13. The molecule has 0 saturated carbocycles. The van der Waals surface area contributed by atoms with Crippen LogP contribution in [0.2, 0.25) is 5.02 Å². The second-order valence-corrected chi connectivity index (χ2v) is 4.08. The summed E-state index contributed by atoms with van der Waals surface area (Å²) < 4.78 is 10.3. The van der Waals surface area contributed by atoms with Crippen molar-refractivity contribution >= 4 is 11.6 Å². The van der Waals surface area contributed by atoms with Crippen LogP contribution in [-0.2, 0) is 6.42 Å². The van der Waals surface area contributed by atoms with Gasteiger partial charge in [0.1, 0.15) is 11.5 Å². The zero-order chi connectivity index (χ0) is 12.8. The Bertz CT molecular complexity index is 368. The molecule has 0 spiro atoms. The molecule has 0 fully saturated rings. The van der Waals surface area contributed by atoms with Crippen molar-refractivity contribution in [1.82, 2.24) is 0 Å². The maximum Gasteiger partial charge on any atom is 0.137 e. The van der Waals surface area contributed by atoms with E-state index in [1.165, 1.54) is 0 Å². The first-order valence-electron chi connectivity index (χ1n) is 5.31. The minimum absolute atomic E-state index is 0.243. The number of rotatable bonds is 6. The van der Waals surface area contributed by atoms with Gasteiger partial charge >= 0.3 is 0 Å². The molecule has 4 nitrogen and oxygen atoms in total. The predicted molar refractivity (Wildman–Crippen MR) is 66.0 cm³/mol. The first-order valence-corrected chi connectivity index (χ1v) is 5.69. The van der Waals surface area contributed by atoms with Gasteiger partial charge in [-0.1, -0.05) is 11.6 Å². The lowest BCUT2D eigenvalue weighted by atomic mass is 10.1. The third-order valence-electron chi connectivity index (χ3n) is 2.51. The summed E-state index contributed by atoms with van der Waals surface area (Å²) in [7, 11) is 3.10. The third-order valence-corrected chi connectivity index (χ3v) is 2.81. The lowest BCUT2D eigenvalue weighted by Crippen LogP contribution is -2.13. The Hall–Kier alpha value is -0.970. The molecule has 0 aliphatic carbocycles. The highest BCUT2D eigenvalue weighted by atomic mass is 35.5. The topological polar surface area (TPSA) is 58.9 Å². The van der Waals surface area contributed by atoms with Crippen molar-refractivity contribution in [3.63, 3.8) is 0 Å². The van der Waals surface area contributed by atoms with E-state index in [9.17, 15) is 5.11 Å². The number of aryl methyl sites for hydroxylation is 1. The standard InChI is InChI=1S/C12H17ClO4/c1-16-11-6-10(13)12(17-2)5-8(11)3-4-9(15)7-14/h5-6,9,14-15H,3-4,7H2,1-2H3. The van der Waals surface area contributed by atoms with Crippen molar-refractivity contribution in [2.45, 2.75) is 18.9 Å². The van der Waals surface area contributed by atoms with Crippen LogP contribution in [0, 0.1) is 0 Å². The highest BCUT2D eigenvalue weighted by molar-refractivity contribution is 6.32. The SMILES string of the molecule is COc1cc(CCC(O)CO)c(OC)cc1Cl. The fourth-order valence-electron chi connectivity index (χ4n) is 1.53. The maximum atomic E-state index is 9.32. The first-order chi connectivity index (χ1) is 8.12. The molecule has 0 aromatic heterocycles. The molecule has 0 radical (unpaired) electrons. The molecule has 0 saturated heterocycles. The van der Waals surface area contributed by atoms with Gasteiger partial charge < -0.3 is 19.7 Å². The average molecular weight is 261 g/mol. The van der Waals surface area contributed by atoms with E-state index in [2.05, 4.69) is 0 Å². The average Bonchev–Trinajstić information content (AvgIpc) is 2.36. The lowest BCUT2D eigenvalue weighted by molar-refractivity contribution is 0.0884. The molecule has 1 aromatic carbocycles. The van der Waals surface area contributed by atoms with E-state index in [1.807, 2.05) is 0 Å². The van der Waals surface area contributed by atoms with E-state index in [-0.39, 0.29) is 6.61 Å². The van der Waals surface area contributed by atoms with Crippen molar-refractivity contribution in [3.05, 3.63) is 22.7 Å². The van der Waals surface area contributed by atoms with E-state index >= 15 is 0 Å². The van der Waals surface area contributed by atoms with Gasteiger partial charge in [-0.2, -0.15) is 0 Å². The van der Waals surface area contributed by atoms with Gasteiger partial charge in [-0.05, 0) is 24.5 Å². The molecule has 17 heavy (non-hydrogen) atoms. The van der Waals surface area contributed by atoms with Gasteiger partial charge in [-0.3, -0.25) is 0 Å². The smallest absolute Gasteiger partial charge is 0.137 e. The van der Waals surface area contributed by atoms with Crippen molar-refractivity contribution < 1.29 is 19.7 Å². The zero-order valence-electron chi connectivity index (χ0n) is 9.94. The minimum Gasteiger partial charge on any atom is -0.496 e. The molecule has 2 N–H and O–H groups in total. The van der Waals surface area contributed by atoms with E-state index in [0.29, 0.717) is 29.4 Å². The number of hydrogen-bond donors (Lipinski definition) is 2.